The Balaban J connectivity index is 1.84. The van der Waals surface area contributed by atoms with Gasteiger partial charge in [-0.15, -0.1) is 0 Å². The summed E-state index contributed by atoms with van der Waals surface area (Å²) < 4.78 is 5.29. The maximum atomic E-state index is 12.0. The normalized spacial score (nSPS) is 10.5. The number of anilines is 1. The van der Waals surface area contributed by atoms with Crippen molar-refractivity contribution in [3.8, 4) is 0 Å². The number of amides is 3. The molecule has 25 heavy (non-hydrogen) atoms. The number of aryl methyl sites for hydroxylation is 1. The van der Waals surface area contributed by atoms with E-state index in [9.17, 15) is 14.4 Å². The van der Waals surface area contributed by atoms with Gasteiger partial charge in [-0.1, -0.05) is 6.92 Å². The van der Waals surface area contributed by atoms with Crippen molar-refractivity contribution in [2.45, 2.75) is 20.3 Å². The number of rotatable bonds is 5. The molecule has 0 bridgehead atoms. The van der Waals surface area contributed by atoms with E-state index in [-0.39, 0.29) is 5.91 Å². The molecule has 2 rings (SSSR count). The standard InChI is InChI=1S/C18H19N3O4/c1-3-16(22)19-14-7-5-13(6-8-14)18(24)21-20-17(23)11-10-15-9-4-12(2)25-15/h4-11H,3H2,1-2H3,(H,19,22)(H,20,23)(H,21,24)/b11-10+. The zero-order valence-corrected chi connectivity index (χ0v) is 14.0. The minimum Gasteiger partial charge on any atom is -0.462 e. The SMILES string of the molecule is CCC(=O)Nc1ccc(C(=O)NNC(=O)/C=C/c2ccc(C)o2)cc1. The molecule has 2 aromatic rings. The highest BCUT2D eigenvalue weighted by Gasteiger charge is 2.07. The van der Waals surface area contributed by atoms with Crippen LogP contribution < -0.4 is 16.2 Å². The smallest absolute Gasteiger partial charge is 0.269 e. The molecule has 0 unspecified atom stereocenters. The van der Waals surface area contributed by atoms with Gasteiger partial charge < -0.3 is 9.73 Å². The van der Waals surface area contributed by atoms with E-state index in [4.69, 9.17) is 4.42 Å². The molecule has 0 aliphatic carbocycles. The Kier molecular flexibility index (Phi) is 6.11. The van der Waals surface area contributed by atoms with Crippen LogP contribution in [-0.2, 0) is 9.59 Å². The van der Waals surface area contributed by atoms with Gasteiger partial charge >= 0.3 is 0 Å². The lowest BCUT2D eigenvalue weighted by Crippen LogP contribution is -2.40. The van der Waals surface area contributed by atoms with E-state index in [0.717, 1.165) is 5.76 Å². The molecule has 7 nitrogen and oxygen atoms in total. The van der Waals surface area contributed by atoms with E-state index in [1.54, 1.807) is 50.2 Å². The maximum Gasteiger partial charge on any atom is 0.269 e. The van der Waals surface area contributed by atoms with Crippen LogP contribution in [0.3, 0.4) is 0 Å². The Morgan fingerprint density at radius 3 is 2.36 bits per heavy atom. The number of carbonyl (C=O) groups is 3. The summed E-state index contributed by atoms with van der Waals surface area (Å²) in [6.07, 6.45) is 3.13. The largest absolute Gasteiger partial charge is 0.462 e. The monoisotopic (exact) mass is 341 g/mol. The Hall–Kier alpha value is -3.35. The van der Waals surface area contributed by atoms with Crippen LogP contribution in [0.5, 0.6) is 0 Å². The van der Waals surface area contributed by atoms with Crippen LogP contribution in [0, 0.1) is 6.92 Å². The fourth-order valence-electron chi connectivity index (χ4n) is 1.89. The molecule has 0 fully saturated rings. The summed E-state index contributed by atoms with van der Waals surface area (Å²) in [5, 5.41) is 2.68. The van der Waals surface area contributed by atoms with E-state index >= 15 is 0 Å². The van der Waals surface area contributed by atoms with E-state index in [0.29, 0.717) is 23.4 Å². The molecule has 0 atom stereocenters. The topological polar surface area (TPSA) is 100 Å². The van der Waals surface area contributed by atoms with Crippen LogP contribution in [0.2, 0.25) is 0 Å². The second kappa shape index (κ2) is 8.49. The lowest BCUT2D eigenvalue weighted by atomic mass is 10.2. The zero-order chi connectivity index (χ0) is 18.2. The molecule has 0 saturated heterocycles. The summed E-state index contributed by atoms with van der Waals surface area (Å²) in [7, 11) is 0. The van der Waals surface area contributed by atoms with Gasteiger partial charge in [0.2, 0.25) is 5.91 Å². The van der Waals surface area contributed by atoms with Gasteiger partial charge in [0.25, 0.3) is 11.8 Å². The number of hydrazine groups is 1. The summed E-state index contributed by atoms with van der Waals surface area (Å²) in [6.45, 7) is 3.55. The first-order valence-corrected chi connectivity index (χ1v) is 7.72. The average molecular weight is 341 g/mol. The van der Waals surface area contributed by atoms with Gasteiger partial charge in [0, 0.05) is 23.7 Å². The molecule has 3 amide bonds. The molecule has 3 N–H and O–H groups in total. The van der Waals surface area contributed by atoms with Gasteiger partial charge in [-0.3, -0.25) is 25.2 Å². The predicted octanol–water partition coefficient (Wildman–Crippen LogP) is 2.41. The molecular weight excluding hydrogens is 322 g/mol. The van der Waals surface area contributed by atoms with Gasteiger partial charge in [0.1, 0.15) is 11.5 Å². The van der Waals surface area contributed by atoms with Crippen molar-refractivity contribution >= 4 is 29.5 Å². The fraction of sp³-hybridized carbons (Fsp3) is 0.167. The highest BCUT2D eigenvalue weighted by Crippen LogP contribution is 2.10. The summed E-state index contributed by atoms with van der Waals surface area (Å²) in [5.41, 5.74) is 5.53. The molecule has 1 aromatic carbocycles. The average Bonchev–Trinajstić information content (AvgIpc) is 3.03. The van der Waals surface area contributed by atoms with Gasteiger partial charge in [0.15, 0.2) is 0 Å². The molecule has 1 aromatic heterocycles. The number of benzene rings is 1. The molecule has 0 aliphatic heterocycles. The van der Waals surface area contributed by atoms with E-state index in [2.05, 4.69) is 16.2 Å². The number of hydrogen-bond acceptors (Lipinski definition) is 4. The minimum absolute atomic E-state index is 0.108. The third kappa shape index (κ3) is 5.65. The lowest BCUT2D eigenvalue weighted by molar-refractivity contribution is -0.117. The van der Waals surface area contributed by atoms with E-state index in [1.165, 1.54) is 12.2 Å². The minimum atomic E-state index is -0.491. The Bertz CT molecular complexity index is 791. The van der Waals surface area contributed by atoms with Gasteiger partial charge in [-0.25, -0.2) is 0 Å². The molecule has 1 heterocycles. The molecular formula is C18H19N3O4. The van der Waals surface area contributed by atoms with Crippen molar-refractivity contribution in [3.63, 3.8) is 0 Å². The van der Waals surface area contributed by atoms with Gasteiger partial charge in [0.05, 0.1) is 0 Å². The molecule has 0 saturated carbocycles. The summed E-state index contributed by atoms with van der Waals surface area (Å²) in [5.74, 6) is 0.219. The van der Waals surface area contributed by atoms with Crippen molar-refractivity contribution in [1.29, 1.82) is 0 Å². The summed E-state index contributed by atoms with van der Waals surface area (Å²) in [6, 6.07) is 9.85. The maximum absolute atomic E-state index is 12.0. The fourth-order valence-corrected chi connectivity index (χ4v) is 1.89. The first-order valence-electron chi connectivity index (χ1n) is 7.72. The number of carbonyl (C=O) groups excluding carboxylic acids is 3. The quantitative estimate of drug-likeness (QED) is 0.574. The van der Waals surface area contributed by atoms with Gasteiger partial charge in [-0.2, -0.15) is 0 Å². The molecule has 0 spiro atoms. The molecule has 130 valence electrons. The van der Waals surface area contributed by atoms with Crippen LogP contribution in [0.1, 0.15) is 35.2 Å². The molecule has 0 radical (unpaired) electrons. The third-order valence-corrected chi connectivity index (χ3v) is 3.21. The molecule has 0 aliphatic rings. The van der Waals surface area contributed by atoms with Crippen LogP contribution >= 0.6 is 0 Å². The first kappa shape index (κ1) is 18.0. The van der Waals surface area contributed by atoms with Crippen molar-refractivity contribution in [2.24, 2.45) is 0 Å². The van der Waals surface area contributed by atoms with E-state index in [1.807, 2.05) is 0 Å². The van der Waals surface area contributed by atoms with Crippen LogP contribution in [0.15, 0.2) is 46.9 Å². The lowest BCUT2D eigenvalue weighted by Gasteiger charge is -2.07. The Labute approximate surface area is 145 Å². The van der Waals surface area contributed by atoms with Crippen molar-refractivity contribution in [3.05, 3.63) is 59.6 Å². The van der Waals surface area contributed by atoms with Gasteiger partial charge in [-0.05, 0) is 49.4 Å². The van der Waals surface area contributed by atoms with Crippen LogP contribution in [-0.4, -0.2) is 17.7 Å². The first-order chi connectivity index (χ1) is 12.0. The Morgan fingerprint density at radius 2 is 1.76 bits per heavy atom. The second-order valence-corrected chi connectivity index (χ2v) is 5.20. The summed E-state index contributed by atoms with van der Waals surface area (Å²) >= 11 is 0. The van der Waals surface area contributed by atoms with Crippen molar-refractivity contribution in [2.75, 3.05) is 5.32 Å². The van der Waals surface area contributed by atoms with Crippen LogP contribution in [0.25, 0.3) is 6.08 Å². The highest BCUT2D eigenvalue weighted by atomic mass is 16.3. The number of nitrogens with one attached hydrogen (secondary N) is 3. The molecule has 7 heteroatoms. The number of furan rings is 1. The zero-order valence-electron chi connectivity index (χ0n) is 14.0. The third-order valence-electron chi connectivity index (χ3n) is 3.21. The predicted molar refractivity (Wildman–Crippen MR) is 93.5 cm³/mol. The van der Waals surface area contributed by atoms with E-state index < -0.39 is 11.8 Å². The second-order valence-electron chi connectivity index (χ2n) is 5.20. The number of hydrogen-bond donors (Lipinski definition) is 3. The highest BCUT2D eigenvalue weighted by molar-refractivity contribution is 5.98. The summed E-state index contributed by atoms with van der Waals surface area (Å²) in [4.78, 5) is 34.9. The van der Waals surface area contributed by atoms with Crippen molar-refractivity contribution < 1.29 is 18.8 Å². The Morgan fingerprint density at radius 1 is 1.04 bits per heavy atom. The van der Waals surface area contributed by atoms with Crippen molar-refractivity contribution in [1.82, 2.24) is 10.9 Å². The van der Waals surface area contributed by atoms with Crippen LogP contribution in [0.4, 0.5) is 5.69 Å².